The molecule has 0 unspecified atom stereocenters. The molecule has 0 spiro atoms. The van der Waals surface area contributed by atoms with Crippen LogP contribution in [0, 0.1) is 5.82 Å². The molecule has 0 aliphatic rings. The Labute approximate surface area is 120 Å². The van der Waals surface area contributed by atoms with Gasteiger partial charge in [-0.3, -0.25) is 0 Å². The molecule has 1 aromatic carbocycles. The van der Waals surface area contributed by atoms with E-state index in [2.05, 4.69) is 4.98 Å². The van der Waals surface area contributed by atoms with Crippen molar-refractivity contribution < 1.29 is 9.13 Å². The molecule has 0 atom stereocenters. The second-order valence-electron chi connectivity index (χ2n) is 4.32. The number of hydrogen-bond donors (Lipinski definition) is 0. The third-order valence-corrected chi connectivity index (χ3v) is 3.89. The molecule has 0 saturated heterocycles. The zero-order chi connectivity index (χ0) is 13.9. The van der Waals surface area contributed by atoms with E-state index in [4.69, 9.17) is 4.74 Å². The highest BCUT2D eigenvalue weighted by atomic mass is 32.1. The maximum atomic E-state index is 13.7. The molecule has 3 nitrogen and oxygen atoms in total. The smallest absolute Gasteiger partial charge is 0.165 e. The van der Waals surface area contributed by atoms with E-state index in [1.54, 1.807) is 23.6 Å². The van der Waals surface area contributed by atoms with Gasteiger partial charge in [-0.1, -0.05) is 12.1 Å². The Hall–Kier alpha value is -2.14. The van der Waals surface area contributed by atoms with Gasteiger partial charge in [0.1, 0.15) is 5.82 Å². The summed E-state index contributed by atoms with van der Waals surface area (Å²) < 4.78 is 20.6. The van der Waals surface area contributed by atoms with Gasteiger partial charge >= 0.3 is 0 Å². The van der Waals surface area contributed by atoms with E-state index in [9.17, 15) is 4.39 Å². The zero-order valence-corrected chi connectivity index (χ0v) is 11.7. The number of rotatable bonds is 4. The predicted octanol–water partition coefficient (Wildman–Crippen LogP) is 3.81. The van der Waals surface area contributed by atoms with E-state index in [0.717, 1.165) is 16.3 Å². The van der Waals surface area contributed by atoms with Crippen LogP contribution >= 0.6 is 11.3 Å². The van der Waals surface area contributed by atoms with Crippen LogP contribution in [-0.4, -0.2) is 16.7 Å². The minimum absolute atomic E-state index is 0.262. The summed E-state index contributed by atoms with van der Waals surface area (Å²) in [6, 6.07) is 9.02. The molecule has 2 aromatic heterocycles. The van der Waals surface area contributed by atoms with Crippen molar-refractivity contribution in [3.8, 4) is 16.5 Å². The zero-order valence-electron chi connectivity index (χ0n) is 10.9. The summed E-state index contributed by atoms with van der Waals surface area (Å²) in [4.78, 5) is 5.47. The van der Waals surface area contributed by atoms with E-state index in [1.807, 2.05) is 34.3 Å². The van der Waals surface area contributed by atoms with Gasteiger partial charge in [0.05, 0.1) is 12.0 Å². The van der Waals surface area contributed by atoms with Crippen molar-refractivity contribution in [2.45, 2.75) is 6.54 Å². The van der Waals surface area contributed by atoms with E-state index in [0.29, 0.717) is 6.54 Å². The molecule has 0 bridgehead atoms. The Morgan fingerprint density at radius 2 is 2.25 bits per heavy atom. The molecule has 102 valence electrons. The number of methoxy groups -OCH3 is 1. The van der Waals surface area contributed by atoms with Gasteiger partial charge in [-0.2, -0.15) is 0 Å². The molecule has 3 rings (SSSR count). The molecule has 0 aliphatic carbocycles. The molecule has 0 radical (unpaired) electrons. The lowest BCUT2D eigenvalue weighted by Gasteiger charge is -2.08. The average molecular weight is 288 g/mol. The first-order chi connectivity index (χ1) is 9.78. The van der Waals surface area contributed by atoms with Crippen LogP contribution in [0.4, 0.5) is 4.39 Å². The summed E-state index contributed by atoms with van der Waals surface area (Å²) in [7, 11) is 1.46. The number of thiophene rings is 1. The average Bonchev–Trinajstić information content (AvgIpc) is 3.09. The molecular formula is C15H13FN2OS. The van der Waals surface area contributed by atoms with Crippen LogP contribution in [0.5, 0.6) is 5.75 Å². The number of benzene rings is 1. The van der Waals surface area contributed by atoms with E-state index >= 15 is 0 Å². The number of nitrogens with zero attached hydrogens (tertiary/aromatic N) is 2. The van der Waals surface area contributed by atoms with Gasteiger partial charge in [0, 0.05) is 18.9 Å². The quantitative estimate of drug-likeness (QED) is 0.730. The van der Waals surface area contributed by atoms with Gasteiger partial charge in [-0.25, -0.2) is 9.37 Å². The third kappa shape index (κ3) is 2.44. The van der Waals surface area contributed by atoms with Gasteiger partial charge in [0.15, 0.2) is 11.6 Å². The van der Waals surface area contributed by atoms with E-state index in [-0.39, 0.29) is 11.6 Å². The number of ether oxygens (including phenoxy) is 1. The Balaban J connectivity index is 1.89. The summed E-state index contributed by atoms with van der Waals surface area (Å²) >= 11 is 1.64. The highest BCUT2D eigenvalue weighted by molar-refractivity contribution is 7.13. The van der Waals surface area contributed by atoms with Crippen LogP contribution in [-0.2, 0) is 6.54 Å². The summed E-state index contributed by atoms with van der Waals surface area (Å²) in [5, 5.41) is 2.02. The summed E-state index contributed by atoms with van der Waals surface area (Å²) in [6.45, 7) is 0.578. The lowest BCUT2D eigenvalue weighted by Crippen LogP contribution is -2.01. The largest absolute Gasteiger partial charge is 0.494 e. The lowest BCUT2D eigenvalue weighted by molar-refractivity contribution is 0.386. The minimum atomic E-state index is -0.345. The SMILES string of the molecule is COc1ccc(Cn2ccnc2-c2cccs2)cc1F. The second-order valence-corrected chi connectivity index (χ2v) is 5.27. The number of aromatic nitrogens is 2. The highest BCUT2D eigenvalue weighted by Gasteiger charge is 2.09. The minimum Gasteiger partial charge on any atom is -0.494 e. The van der Waals surface area contributed by atoms with Gasteiger partial charge in [-0.15, -0.1) is 11.3 Å². The van der Waals surface area contributed by atoms with Crippen molar-refractivity contribution in [1.29, 1.82) is 0 Å². The fourth-order valence-electron chi connectivity index (χ4n) is 2.07. The Morgan fingerprint density at radius 3 is 2.95 bits per heavy atom. The second kappa shape index (κ2) is 5.46. The van der Waals surface area contributed by atoms with Crippen molar-refractivity contribution >= 4 is 11.3 Å². The number of hydrogen-bond acceptors (Lipinski definition) is 3. The van der Waals surface area contributed by atoms with Crippen molar-refractivity contribution in [1.82, 2.24) is 9.55 Å². The van der Waals surface area contributed by atoms with Crippen molar-refractivity contribution in [2.24, 2.45) is 0 Å². The first kappa shape index (κ1) is 12.9. The van der Waals surface area contributed by atoms with Crippen LogP contribution in [0.15, 0.2) is 48.1 Å². The van der Waals surface area contributed by atoms with Gasteiger partial charge in [0.25, 0.3) is 0 Å². The van der Waals surface area contributed by atoms with Crippen molar-refractivity contribution in [3.63, 3.8) is 0 Å². The van der Waals surface area contributed by atoms with Crippen LogP contribution in [0.2, 0.25) is 0 Å². The molecule has 2 heterocycles. The molecule has 0 N–H and O–H groups in total. The van der Waals surface area contributed by atoms with E-state index in [1.165, 1.54) is 13.2 Å². The van der Waals surface area contributed by atoms with E-state index < -0.39 is 0 Å². The maximum Gasteiger partial charge on any atom is 0.165 e. The van der Waals surface area contributed by atoms with Crippen LogP contribution in [0.25, 0.3) is 10.7 Å². The van der Waals surface area contributed by atoms with Gasteiger partial charge < -0.3 is 9.30 Å². The first-order valence-electron chi connectivity index (χ1n) is 6.15. The fourth-order valence-corrected chi connectivity index (χ4v) is 2.81. The van der Waals surface area contributed by atoms with Crippen molar-refractivity contribution in [3.05, 3.63) is 59.5 Å². The predicted molar refractivity (Wildman–Crippen MR) is 77.6 cm³/mol. The van der Waals surface area contributed by atoms with Crippen LogP contribution in [0.1, 0.15) is 5.56 Å². The third-order valence-electron chi connectivity index (χ3n) is 3.03. The number of halogens is 1. The highest BCUT2D eigenvalue weighted by Crippen LogP contribution is 2.24. The van der Waals surface area contributed by atoms with Crippen molar-refractivity contribution in [2.75, 3.05) is 7.11 Å². The maximum absolute atomic E-state index is 13.7. The standard InChI is InChI=1S/C15H13FN2OS/c1-19-13-5-4-11(9-12(13)16)10-18-7-6-17-15(18)14-3-2-8-20-14/h2-9H,10H2,1H3. The molecule has 0 saturated carbocycles. The summed E-state index contributed by atoms with van der Waals surface area (Å²) in [6.07, 6.45) is 3.66. The fraction of sp³-hybridized carbons (Fsp3) is 0.133. The topological polar surface area (TPSA) is 27.1 Å². The lowest BCUT2D eigenvalue weighted by atomic mass is 10.2. The number of imidazole rings is 1. The normalized spacial score (nSPS) is 10.7. The molecule has 0 amide bonds. The molecule has 5 heteroatoms. The first-order valence-corrected chi connectivity index (χ1v) is 7.03. The molecular weight excluding hydrogens is 275 g/mol. The molecule has 20 heavy (non-hydrogen) atoms. The molecule has 0 aliphatic heterocycles. The Bertz CT molecular complexity index is 706. The summed E-state index contributed by atoms with van der Waals surface area (Å²) in [5.41, 5.74) is 0.874. The Kier molecular flexibility index (Phi) is 3.52. The van der Waals surface area contributed by atoms with Crippen LogP contribution < -0.4 is 4.74 Å². The Morgan fingerprint density at radius 1 is 1.35 bits per heavy atom. The molecule has 3 aromatic rings. The van der Waals surface area contributed by atoms with Crippen LogP contribution in [0.3, 0.4) is 0 Å². The monoisotopic (exact) mass is 288 g/mol. The van der Waals surface area contributed by atoms with Gasteiger partial charge in [0.2, 0.25) is 0 Å². The summed E-state index contributed by atoms with van der Waals surface area (Å²) in [5.74, 6) is 0.817. The molecule has 0 fully saturated rings. The van der Waals surface area contributed by atoms with Gasteiger partial charge in [-0.05, 0) is 29.1 Å².